The first-order valence-electron chi connectivity index (χ1n) is 10.8. The number of carbonyl (C=O) groups is 1. The average Bonchev–Trinajstić information content (AvgIpc) is 2.97. The number of fused-ring (bicyclic) bond motifs is 1. The number of rotatable bonds is 5. The number of halogens is 1. The van der Waals surface area contributed by atoms with Crippen LogP contribution in [0.1, 0.15) is 36.0 Å². The van der Waals surface area contributed by atoms with Gasteiger partial charge in [-0.1, -0.05) is 17.7 Å². The summed E-state index contributed by atoms with van der Waals surface area (Å²) in [5.41, 5.74) is 2.02. The van der Waals surface area contributed by atoms with E-state index in [1.54, 1.807) is 6.07 Å². The normalized spacial score (nSPS) is 17.2. The molecule has 0 spiro atoms. The summed E-state index contributed by atoms with van der Waals surface area (Å²) < 4.78 is 34.2. The first-order valence-corrected chi connectivity index (χ1v) is 12.6. The van der Waals surface area contributed by atoms with Gasteiger partial charge in [0.15, 0.2) is 5.43 Å². The Kier molecular flexibility index (Phi) is 6.61. The van der Waals surface area contributed by atoms with Crippen molar-refractivity contribution in [1.82, 2.24) is 9.62 Å². The summed E-state index contributed by atoms with van der Waals surface area (Å²) in [7, 11) is -4.12. The lowest BCUT2D eigenvalue weighted by Crippen LogP contribution is -2.48. The highest BCUT2D eigenvalue weighted by Crippen LogP contribution is 2.26. The number of nitrogens with zero attached hydrogens (tertiary/aromatic N) is 1. The van der Waals surface area contributed by atoms with Crippen molar-refractivity contribution in [3.05, 3.63) is 74.6 Å². The molecule has 2 aromatic carbocycles. The fourth-order valence-corrected chi connectivity index (χ4v) is 5.96. The lowest BCUT2D eigenvalue weighted by Gasteiger charge is -2.29. The van der Waals surface area contributed by atoms with E-state index in [-0.39, 0.29) is 28.3 Å². The van der Waals surface area contributed by atoms with Crippen LogP contribution in [-0.2, 0) is 21.4 Å². The molecule has 1 fully saturated rings. The van der Waals surface area contributed by atoms with Crippen LogP contribution in [0.4, 0.5) is 0 Å². The summed E-state index contributed by atoms with van der Waals surface area (Å²) in [4.78, 5) is 26.2. The third kappa shape index (κ3) is 4.69. The van der Waals surface area contributed by atoms with E-state index in [1.165, 1.54) is 30.5 Å². The van der Waals surface area contributed by atoms with Gasteiger partial charge in [0.05, 0.1) is 22.1 Å². The molecule has 1 amide bonds. The third-order valence-corrected chi connectivity index (χ3v) is 8.01. The topological polar surface area (TPSA) is 96.7 Å². The fraction of sp³-hybridized carbons (Fsp3) is 0.333. The first kappa shape index (κ1) is 23.5. The predicted molar refractivity (Wildman–Crippen MR) is 127 cm³/mol. The Morgan fingerprint density at radius 2 is 1.85 bits per heavy atom. The highest BCUT2D eigenvalue weighted by molar-refractivity contribution is 7.89. The molecule has 1 aromatic heterocycles. The molecule has 1 aliphatic heterocycles. The number of hydrogen-bond acceptors (Lipinski definition) is 5. The maximum Gasteiger partial charge on any atom is 0.244 e. The quantitative estimate of drug-likeness (QED) is 0.587. The van der Waals surface area contributed by atoms with Crippen molar-refractivity contribution in [3.63, 3.8) is 0 Å². The van der Waals surface area contributed by atoms with Gasteiger partial charge in [-0.05, 0) is 74.6 Å². The summed E-state index contributed by atoms with van der Waals surface area (Å²) in [5, 5.41) is 3.59. The van der Waals surface area contributed by atoms with Crippen molar-refractivity contribution in [2.75, 3.05) is 6.54 Å². The van der Waals surface area contributed by atoms with Gasteiger partial charge < -0.3 is 9.73 Å². The van der Waals surface area contributed by atoms with E-state index in [1.807, 2.05) is 19.9 Å². The van der Waals surface area contributed by atoms with E-state index < -0.39 is 16.1 Å². The Hall–Kier alpha value is -2.68. The molecule has 2 heterocycles. The minimum absolute atomic E-state index is 0.000860. The number of amides is 1. The second kappa shape index (κ2) is 9.29. The molecule has 0 saturated carbocycles. The predicted octanol–water partition coefficient (Wildman–Crippen LogP) is 3.92. The van der Waals surface area contributed by atoms with Gasteiger partial charge in [-0.25, -0.2) is 8.42 Å². The maximum absolute atomic E-state index is 13.7. The van der Waals surface area contributed by atoms with Crippen LogP contribution in [0.2, 0.25) is 5.02 Å². The molecule has 33 heavy (non-hydrogen) atoms. The van der Waals surface area contributed by atoms with Crippen molar-refractivity contribution in [2.24, 2.45) is 0 Å². The molecule has 9 heteroatoms. The summed E-state index contributed by atoms with van der Waals surface area (Å²) in [5.74, 6) is -0.373. The van der Waals surface area contributed by atoms with E-state index >= 15 is 0 Å². The van der Waals surface area contributed by atoms with Crippen molar-refractivity contribution >= 4 is 38.5 Å². The number of benzene rings is 2. The molecule has 4 rings (SSSR count). The van der Waals surface area contributed by atoms with E-state index in [0.717, 1.165) is 21.9 Å². The summed E-state index contributed by atoms with van der Waals surface area (Å²) in [6.45, 7) is 3.93. The number of nitrogens with one attached hydrogen (secondary N) is 1. The molecule has 1 saturated heterocycles. The Morgan fingerprint density at radius 1 is 1.12 bits per heavy atom. The lowest BCUT2D eigenvalue weighted by molar-refractivity contribution is -0.124. The monoisotopic (exact) mass is 488 g/mol. The molecule has 3 aromatic rings. The van der Waals surface area contributed by atoms with Crippen LogP contribution in [0.15, 0.2) is 56.8 Å². The van der Waals surface area contributed by atoms with Gasteiger partial charge in [-0.3, -0.25) is 9.59 Å². The second-order valence-corrected chi connectivity index (χ2v) is 10.7. The highest BCUT2D eigenvalue weighted by atomic mass is 35.5. The lowest BCUT2D eigenvalue weighted by atomic mass is 10.0. The SMILES string of the molecule is Cc1cc(C)c2c(=O)c(CN(C3CCCCNC3=O)S(=O)(=O)c3ccc(Cl)cc3)coc2c1. The maximum atomic E-state index is 13.7. The van der Waals surface area contributed by atoms with Crippen molar-refractivity contribution in [3.8, 4) is 0 Å². The molecular formula is C24H25ClN2O5S. The molecule has 0 radical (unpaired) electrons. The Balaban J connectivity index is 1.83. The number of carbonyl (C=O) groups excluding carboxylic acids is 1. The van der Waals surface area contributed by atoms with E-state index in [9.17, 15) is 18.0 Å². The van der Waals surface area contributed by atoms with Crippen LogP contribution < -0.4 is 10.7 Å². The van der Waals surface area contributed by atoms with Crippen LogP contribution >= 0.6 is 11.6 Å². The van der Waals surface area contributed by atoms with Crippen molar-refractivity contribution in [2.45, 2.75) is 50.6 Å². The largest absolute Gasteiger partial charge is 0.464 e. The molecule has 1 atom stereocenters. The first-order chi connectivity index (χ1) is 15.7. The summed E-state index contributed by atoms with van der Waals surface area (Å²) in [6.07, 6.45) is 3.09. The Bertz CT molecular complexity index is 1370. The third-order valence-electron chi connectivity index (χ3n) is 5.89. The number of hydrogen-bond donors (Lipinski definition) is 1. The summed E-state index contributed by atoms with van der Waals surface area (Å²) >= 11 is 5.94. The van der Waals surface area contributed by atoms with Crippen molar-refractivity contribution in [1.29, 1.82) is 0 Å². The smallest absolute Gasteiger partial charge is 0.244 e. The van der Waals surface area contributed by atoms with Crippen LogP contribution in [0.3, 0.4) is 0 Å². The van der Waals surface area contributed by atoms with Crippen LogP contribution in [0.5, 0.6) is 0 Å². The van der Waals surface area contributed by atoms with Gasteiger partial charge in [0.1, 0.15) is 11.6 Å². The molecule has 1 aliphatic rings. The second-order valence-electron chi connectivity index (χ2n) is 8.35. The molecule has 174 valence electrons. The zero-order valence-corrected chi connectivity index (χ0v) is 20.0. The van der Waals surface area contributed by atoms with Gasteiger partial charge in [-0.2, -0.15) is 4.31 Å². The van der Waals surface area contributed by atoms with Gasteiger partial charge in [0.25, 0.3) is 0 Å². The van der Waals surface area contributed by atoms with E-state index in [2.05, 4.69) is 5.32 Å². The Labute approximate surface area is 197 Å². The standard InChI is InChI=1S/C24H25ClN2O5S/c1-15-11-16(2)22-21(12-15)32-14-17(23(22)28)13-27(20-5-3-4-10-26-24(20)29)33(30,31)19-8-6-18(25)7-9-19/h6-9,11-12,14,20H,3-5,10,13H2,1-2H3,(H,26,29). The molecule has 0 aliphatic carbocycles. The highest BCUT2D eigenvalue weighted by Gasteiger charge is 2.37. The fourth-order valence-electron chi connectivity index (χ4n) is 4.24. The zero-order valence-electron chi connectivity index (χ0n) is 18.4. The van der Waals surface area contributed by atoms with Crippen LogP contribution in [0.25, 0.3) is 11.0 Å². The van der Waals surface area contributed by atoms with Crippen molar-refractivity contribution < 1.29 is 17.6 Å². The Morgan fingerprint density at radius 3 is 2.58 bits per heavy atom. The average molecular weight is 489 g/mol. The van der Waals surface area contributed by atoms with Gasteiger partial charge in [0, 0.05) is 18.1 Å². The van der Waals surface area contributed by atoms with E-state index in [0.29, 0.717) is 35.4 Å². The summed E-state index contributed by atoms with van der Waals surface area (Å²) in [6, 6.07) is 8.47. The molecule has 7 nitrogen and oxygen atoms in total. The number of sulfonamides is 1. The van der Waals surface area contributed by atoms with E-state index in [4.69, 9.17) is 16.0 Å². The van der Waals surface area contributed by atoms with Gasteiger partial charge >= 0.3 is 0 Å². The molecule has 0 bridgehead atoms. The minimum atomic E-state index is -4.12. The number of aryl methyl sites for hydroxylation is 2. The van der Waals surface area contributed by atoms with Gasteiger partial charge in [-0.15, -0.1) is 0 Å². The minimum Gasteiger partial charge on any atom is -0.464 e. The van der Waals surface area contributed by atoms with Crippen LogP contribution in [0, 0.1) is 13.8 Å². The molecule has 1 N–H and O–H groups in total. The zero-order chi connectivity index (χ0) is 23.8. The van der Waals surface area contributed by atoms with Crippen LogP contribution in [-0.4, -0.2) is 31.2 Å². The van der Waals surface area contributed by atoms with Gasteiger partial charge in [0.2, 0.25) is 15.9 Å². The molecular weight excluding hydrogens is 464 g/mol. The molecule has 1 unspecified atom stereocenters.